The fourth-order valence-corrected chi connectivity index (χ4v) is 5.78. The molecule has 29 heavy (non-hydrogen) atoms. The first-order chi connectivity index (χ1) is 14.0. The summed E-state index contributed by atoms with van der Waals surface area (Å²) in [6, 6.07) is 16.5. The lowest BCUT2D eigenvalue weighted by molar-refractivity contribution is -0.160. The minimum absolute atomic E-state index is 0.0271. The Labute approximate surface area is 170 Å². The van der Waals surface area contributed by atoms with Crippen molar-refractivity contribution in [2.75, 3.05) is 6.61 Å². The third-order valence-electron chi connectivity index (χ3n) is 7.08. The molecule has 0 unspecified atom stereocenters. The topological polar surface area (TPSA) is 75.6 Å². The van der Waals surface area contributed by atoms with E-state index in [2.05, 4.69) is 29.6 Å². The summed E-state index contributed by atoms with van der Waals surface area (Å²) in [6.07, 6.45) is 3.97. The van der Waals surface area contributed by atoms with E-state index in [0.29, 0.717) is 19.3 Å². The van der Waals surface area contributed by atoms with E-state index < -0.39 is 23.0 Å². The molecule has 1 amide bonds. The van der Waals surface area contributed by atoms with Crippen LogP contribution in [0.4, 0.5) is 4.79 Å². The van der Waals surface area contributed by atoms with Crippen LogP contribution in [0.5, 0.6) is 0 Å². The van der Waals surface area contributed by atoms with Crippen LogP contribution in [0.25, 0.3) is 11.1 Å². The number of carbonyl (C=O) groups is 2. The molecular weight excluding hydrogens is 366 g/mol. The van der Waals surface area contributed by atoms with Crippen molar-refractivity contribution in [1.29, 1.82) is 0 Å². The molecule has 0 aromatic heterocycles. The summed E-state index contributed by atoms with van der Waals surface area (Å²) in [4.78, 5) is 24.3. The van der Waals surface area contributed by atoms with Crippen LogP contribution >= 0.6 is 0 Å². The van der Waals surface area contributed by atoms with E-state index in [1.165, 1.54) is 22.3 Å². The Kier molecular flexibility index (Phi) is 4.16. The van der Waals surface area contributed by atoms with Gasteiger partial charge in [0.1, 0.15) is 6.61 Å². The van der Waals surface area contributed by atoms with E-state index in [4.69, 9.17) is 4.74 Å². The lowest BCUT2D eigenvalue weighted by Crippen LogP contribution is -2.63. The van der Waals surface area contributed by atoms with Crippen molar-refractivity contribution in [2.45, 2.75) is 50.0 Å². The molecule has 2 aromatic rings. The molecule has 3 saturated carbocycles. The van der Waals surface area contributed by atoms with Crippen molar-refractivity contribution in [1.82, 2.24) is 5.32 Å². The summed E-state index contributed by atoms with van der Waals surface area (Å²) in [5.74, 6) is -0.705. The molecule has 0 heterocycles. The summed E-state index contributed by atoms with van der Waals surface area (Å²) >= 11 is 0. The van der Waals surface area contributed by atoms with Crippen LogP contribution < -0.4 is 5.32 Å². The van der Waals surface area contributed by atoms with Crippen LogP contribution in [-0.4, -0.2) is 29.3 Å². The average molecular weight is 391 g/mol. The van der Waals surface area contributed by atoms with Gasteiger partial charge in [0.15, 0.2) is 0 Å². The smallest absolute Gasteiger partial charge is 0.407 e. The summed E-state index contributed by atoms with van der Waals surface area (Å²) in [6.45, 7) is 0.278. The molecule has 0 atom stereocenters. The van der Waals surface area contributed by atoms with Gasteiger partial charge in [0.05, 0.1) is 5.41 Å². The molecule has 0 saturated heterocycles. The van der Waals surface area contributed by atoms with Gasteiger partial charge in [-0.1, -0.05) is 61.4 Å². The third kappa shape index (κ3) is 2.91. The minimum atomic E-state index is -0.732. The zero-order valence-corrected chi connectivity index (χ0v) is 16.3. The Balaban J connectivity index is 1.28. The number of ether oxygens (including phenoxy) is 1. The molecule has 150 valence electrons. The highest BCUT2D eigenvalue weighted by Crippen LogP contribution is 2.56. The van der Waals surface area contributed by atoms with Crippen LogP contribution in [-0.2, 0) is 9.53 Å². The Bertz CT molecular complexity index is 931. The van der Waals surface area contributed by atoms with Crippen LogP contribution in [0.1, 0.15) is 55.6 Å². The fourth-order valence-electron chi connectivity index (χ4n) is 5.78. The van der Waals surface area contributed by atoms with Gasteiger partial charge in [-0.25, -0.2) is 4.79 Å². The van der Waals surface area contributed by atoms with Crippen LogP contribution in [0, 0.1) is 5.41 Å². The molecule has 4 aliphatic carbocycles. The van der Waals surface area contributed by atoms with Crippen LogP contribution in [0.2, 0.25) is 0 Å². The molecule has 5 heteroatoms. The van der Waals surface area contributed by atoms with Gasteiger partial charge in [-0.05, 0) is 47.9 Å². The molecule has 0 spiro atoms. The van der Waals surface area contributed by atoms with Gasteiger partial charge in [0.25, 0.3) is 0 Å². The Morgan fingerprint density at radius 3 is 2.17 bits per heavy atom. The number of carboxylic acids is 1. The first-order valence-electron chi connectivity index (χ1n) is 10.4. The second-order valence-electron chi connectivity index (χ2n) is 8.88. The van der Waals surface area contributed by atoms with Crippen molar-refractivity contribution in [3.8, 4) is 11.1 Å². The number of amides is 1. The van der Waals surface area contributed by atoms with Gasteiger partial charge in [0.2, 0.25) is 0 Å². The van der Waals surface area contributed by atoms with E-state index in [0.717, 1.165) is 19.3 Å². The predicted molar refractivity (Wildman–Crippen MR) is 109 cm³/mol. The average Bonchev–Trinajstić information content (AvgIpc) is 2.81. The van der Waals surface area contributed by atoms with Gasteiger partial charge >= 0.3 is 12.1 Å². The second kappa shape index (κ2) is 6.61. The van der Waals surface area contributed by atoms with E-state index in [9.17, 15) is 14.7 Å². The predicted octanol–water partition coefficient (Wildman–Crippen LogP) is 4.70. The van der Waals surface area contributed by atoms with Crippen molar-refractivity contribution in [2.24, 2.45) is 5.41 Å². The quantitative estimate of drug-likeness (QED) is 0.792. The van der Waals surface area contributed by atoms with Gasteiger partial charge in [-0.2, -0.15) is 0 Å². The summed E-state index contributed by atoms with van der Waals surface area (Å²) in [5.41, 5.74) is 3.68. The maximum atomic E-state index is 12.6. The normalized spacial score (nSPS) is 27.2. The number of nitrogens with one attached hydrogen (secondary N) is 1. The largest absolute Gasteiger partial charge is 0.481 e. The highest BCUT2D eigenvalue weighted by Gasteiger charge is 2.60. The van der Waals surface area contributed by atoms with Crippen molar-refractivity contribution in [3.05, 3.63) is 59.7 Å². The molecule has 2 bridgehead atoms. The number of benzene rings is 2. The maximum absolute atomic E-state index is 12.6. The molecule has 0 aliphatic heterocycles. The van der Waals surface area contributed by atoms with Crippen LogP contribution in [0.15, 0.2) is 48.5 Å². The number of hydrogen-bond donors (Lipinski definition) is 2. The number of rotatable bonds is 4. The number of carbonyl (C=O) groups excluding carboxylic acids is 1. The van der Waals surface area contributed by atoms with Gasteiger partial charge in [-0.3, -0.25) is 4.79 Å². The highest BCUT2D eigenvalue weighted by atomic mass is 16.5. The van der Waals surface area contributed by atoms with Crippen molar-refractivity contribution in [3.63, 3.8) is 0 Å². The Hall–Kier alpha value is -2.82. The lowest BCUT2D eigenvalue weighted by Gasteiger charge is -2.52. The molecule has 0 radical (unpaired) electrons. The Morgan fingerprint density at radius 1 is 0.966 bits per heavy atom. The first kappa shape index (κ1) is 18.2. The molecule has 4 aliphatic rings. The molecule has 5 nitrogen and oxygen atoms in total. The second-order valence-corrected chi connectivity index (χ2v) is 8.88. The molecule has 6 rings (SSSR count). The zero-order valence-electron chi connectivity index (χ0n) is 16.3. The standard InChI is InChI=1S/C24H25NO4/c26-21(27)23-11-5-6-12-24(14-23,15-23)25-22(28)29-13-20-18-9-3-1-7-16(18)17-8-2-4-10-19(17)20/h1-4,7-10,20H,5-6,11-15H2,(H,25,28)(H,26,27). The van der Waals surface area contributed by atoms with Gasteiger partial charge in [-0.15, -0.1) is 0 Å². The van der Waals surface area contributed by atoms with Gasteiger partial charge < -0.3 is 15.2 Å². The minimum Gasteiger partial charge on any atom is -0.481 e. The zero-order chi connectivity index (χ0) is 20.1. The molecular formula is C24H25NO4. The number of carboxylic acid groups (broad SMARTS) is 1. The maximum Gasteiger partial charge on any atom is 0.407 e. The molecule has 2 aromatic carbocycles. The van der Waals surface area contributed by atoms with E-state index in [-0.39, 0.29) is 12.5 Å². The number of fused-ring (bicyclic) bond motifs is 6. The molecule has 2 N–H and O–H groups in total. The monoisotopic (exact) mass is 391 g/mol. The number of aliphatic carboxylic acids is 1. The summed E-state index contributed by atoms with van der Waals surface area (Å²) in [5, 5.41) is 12.6. The lowest BCUT2D eigenvalue weighted by atomic mass is 9.56. The first-order valence-corrected chi connectivity index (χ1v) is 10.4. The summed E-state index contributed by atoms with van der Waals surface area (Å²) < 4.78 is 5.67. The molecule has 3 fully saturated rings. The van der Waals surface area contributed by atoms with Crippen LogP contribution in [0.3, 0.4) is 0 Å². The van der Waals surface area contributed by atoms with E-state index >= 15 is 0 Å². The third-order valence-corrected chi connectivity index (χ3v) is 7.08. The highest BCUT2D eigenvalue weighted by molar-refractivity contribution is 5.80. The Morgan fingerprint density at radius 2 is 1.55 bits per heavy atom. The van der Waals surface area contributed by atoms with E-state index in [1.54, 1.807) is 0 Å². The van der Waals surface area contributed by atoms with Gasteiger partial charge in [0, 0.05) is 11.5 Å². The number of hydrogen-bond acceptors (Lipinski definition) is 3. The fraction of sp³-hybridized carbons (Fsp3) is 0.417. The van der Waals surface area contributed by atoms with Crippen molar-refractivity contribution < 1.29 is 19.4 Å². The number of alkyl carbamates (subject to hydrolysis) is 1. The van der Waals surface area contributed by atoms with E-state index in [1.807, 2.05) is 24.3 Å². The summed E-state index contributed by atoms with van der Waals surface area (Å²) in [7, 11) is 0. The van der Waals surface area contributed by atoms with Crippen molar-refractivity contribution >= 4 is 12.1 Å². The SMILES string of the molecule is O=C(NC12CCCCC(C(=O)O)(C1)C2)OCC1c2ccccc2-c2ccccc21.